The van der Waals surface area contributed by atoms with E-state index in [0.717, 1.165) is 11.3 Å². The van der Waals surface area contributed by atoms with Gasteiger partial charge >= 0.3 is 0 Å². The number of rotatable bonds is 10. The van der Waals surface area contributed by atoms with Gasteiger partial charge in [0.2, 0.25) is 5.91 Å². The van der Waals surface area contributed by atoms with Crippen LogP contribution in [-0.2, 0) is 9.59 Å². The van der Waals surface area contributed by atoms with Crippen molar-refractivity contribution in [1.82, 2.24) is 0 Å². The molecule has 0 saturated carbocycles. The molecule has 0 aliphatic carbocycles. The second kappa shape index (κ2) is 10.0. The van der Waals surface area contributed by atoms with Gasteiger partial charge < -0.3 is 25.9 Å². The van der Waals surface area contributed by atoms with Gasteiger partial charge in [-0.05, 0) is 36.8 Å². The Bertz CT molecular complexity index is 838. The number of carboxylic acids is 1. The number of quaternary nitrogens is 1. The number of non-ortho nitro benzene ring substituents is 1. The Morgan fingerprint density at radius 2 is 1.86 bits per heavy atom. The largest absolute Gasteiger partial charge is 0.544 e. The van der Waals surface area contributed by atoms with Crippen molar-refractivity contribution >= 4 is 28.9 Å². The molecule has 9 heteroatoms. The summed E-state index contributed by atoms with van der Waals surface area (Å²) in [4.78, 5) is 33.4. The van der Waals surface area contributed by atoms with Crippen molar-refractivity contribution in [2.24, 2.45) is 0 Å². The van der Waals surface area contributed by atoms with E-state index in [0.29, 0.717) is 18.8 Å². The molecule has 2 rings (SSSR count). The summed E-state index contributed by atoms with van der Waals surface area (Å²) in [5, 5.41) is 29.2. The highest BCUT2D eigenvalue weighted by molar-refractivity contribution is 5.93. The fourth-order valence-corrected chi connectivity index (χ4v) is 2.60. The van der Waals surface area contributed by atoms with E-state index in [2.05, 4.69) is 10.6 Å². The van der Waals surface area contributed by atoms with Crippen LogP contribution in [-0.4, -0.2) is 35.9 Å². The van der Waals surface area contributed by atoms with E-state index in [1.54, 1.807) is 0 Å². The molecule has 0 saturated heterocycles. The van der Waals surface area contributed by atoms with Gasteiger partial charge in [0.1, 0.15) is 6.04 Å². The number of nitrogens with one attached hydrogen (secondary N) is 2. The molecule has 0 aromatic heterocycles. The molecule has 1 amide bonds. The smallest absolute Gasteiger partial charge is 0.269 e. The number of amides is 1. The van der Waals surface area contributed by atoms with E-state index in [-0.39, 0.29) is 12.1 Å². The molecule has 148 valence electrons. The van der Waals surface area contributed by atoms with Gasteiger partial charge in [0.25, 0.3) is 5.69 Å². The van der Waals surface area contributed by atoms with Crippen LogP contribution in [0.1, 0.15) is 12.0 Å². The molecule has 0 heterocycles. The zero-order valence-corrected chi connectivity index (χ0v) is 15.4. The number of nitrogens with two attached hydrogens (primary N) is 1. The number of anilines is 2. The predicted octanol–water partition coefficient (Wildman–Crippen LogP) is 0.0258. The summed E-state index contributed by atoms with van der Waals surface area (Å²) in [5.74, 6) is -1.83. The predicted molar refractivity (Wildman–Crippen MR) is 102 cm³/mol. The zero-order chi connectivity index (χ0) is 20.5. The SMILES string of the molecule is Cc1cccc(NCC[NH2+][C@@H](CC(=O)Nc2ccc([N+](=O)[O-])cc2)C(=O)[O-])c1. The number of hydrogen-bond acceptors (Lipinski definition) is 6. The molecule has 4 N–H and O–H groups in total. The molecule has 0 fully saturated rings. The lowest BCUT2D eigenvalue weighted by molar-refractivity contribution is -0.680. The average Bonchev–Trinajstić information content (AvgIpc) is 2.64. The van der Waals surface area contributed by atoms with Gasteiger partial charge in [-0.1, -0.05) is 12.1 Å². The number of nitro benzene ring substituents is 1. The van der Waals surface area contributed by atoms with Gasteiger partial charge in [-0.25, -0.2) is 0 Å². The summed E-state index contributed by atoms with van der Waals surface area (Å²) < 4.78 is 0. The summed E-state index contributed by atoms with van der Waals surface area (Å²) in [7, 11) is 0. The Labute approximate surface area is 161 Å². The standard InChI is InChI=1S/C19H22N4O5/c1-13-3-2-4-15(11-13)20-9-10-21-17(19(25)26)12-18(24)22-14-5-7-16(8-6-14)23(27)28/h2-8,11,17,20-21H,9-10,12H2,1H3,(H,22,24)(H,25,26)/t17-/m0/s1. The first-order valence-electron chi connectivity index (χ1n) is 8.74. The molecule has 0 aliphatic rings. The van der Waals surface area contributed by atoms with E-state index in [9.17, 15) is 24.8 Å². The topological polar surface area (TPSA) is 141 Å². The maximum atomic E-state index is 12.1. The molecule has 2 aromatic carbocycles. The Morgan fingerprint density at radius 3 is 2.46 bits per heavy atom. The minimum atomic E-state index is -1.32. The van der Waals surface area contributed by atoms with Crippen LogP contribution >= 0.6 is 0 Å². The van der Waals surface area contributed by atoms with Gasteiger partial charge in [0.15, 0.2) is 0 Å². The number of carbonyl (C=O) groups is 2. The third kappa shape index (κ3) is 6.69. The van der Waals surface area contributed by atoms with Gasteiger partial charge in [-0.15, -0.1) is 0 Å². The van der Waals surface area contributed by atoms with Crippen LogP contribution in [0.25, 0.3) is 0 Å². The fourth-order valence-electron chi connectivity index (χ4n) is 2.60. The number of benzene rings is 2. The van der Waals surface area contributed by atoms with Crippen molar-refractivity contribution in [1.29, 1.82) is 0 Å². The maximum absolute atomic E-state index is 12.1. The fraction of sp³-hybridized carbons (Fsp3) is 0.263. The first-order valence-corrected chi connectivity index (χ1v) is 8.74. The van der Waals surface area contributed by atoms with Crippen LogP contribution in [0, 0.1) is 17.0 Å². The van der Waals surface area contributed by atoms with Gasteiger partial charge in [-0.2, -0.15) is 0 Å². The van der Waals surface area contributed by atoms with Crippen molar-refractivity contribution in [3.05, 3.63) is 64.2 Å². The average molecular weight is 386 g/mol. The first kappa shape index (κ1) is 20.8. The van der Waals surface area contributed by atoms with Crippen LogP contribution in [0.2, 0.25) is 0 Å². The minimum absolute atomic E-state index is 0.0972. The molecule has 9 nitrogen and oxygen atoms in total. The van der Waals surface area contributed by atoms with Crippen LogP contribution in [0.3, 0.4) is 0 Å². The minimum Gasteiger partial charge on any atom is -0.544 e. The van der Waals surface area contributed by atoms with E-state index >= 15 is 0 Å². The third-order valence-electron chi connectivity index (χ3n) is 4.01. The van der Waals surface area contributed by atoms with Crippen molar-refractivity contribution < 1.29 is 24.9 Å². The quantitative estimate of drug-likeness (QED) is 0.299. The number of aryl methyl sites for hydroxylation is 1. The monoisotopic (exact) mass is 386 g/mol. The second-order valence-electron chi connectivity index (χ2n) is 6.30. The zero-order valence-electron chi connectivity index (χ0n) is 15.4. The lowest BCUT2D eigenvalue weighted by atomic mass is 10.2. The van der Waals surface area contributed by atoms with Crippen LogP contribution in [0.5, 0.6) is 0 Å². The van der Waals surface area contributed by atoms with Crippen molar-refractivity contribution in [3.8, 4) is 0 Å². The molecular formula is C19H22N4O5. The van der Waals surface area contributed by atoms with Gasteiger partial charge in [0.05, 0.1) is 30.4 Å². The van der Waals surface area contributed by atoms with E-state index < -0.39 is 22.8 Å². The summed E-state index contributed by atoms with van der Waals surface area (Å²) in [6.45, 7) is 2.95. The molecule has 0 radical (unpaired) electrons. The van der Waals surface area contributed by atoms with Crippen LogP contribution in [0.4, 0.5) is 17.1 Å². The Morgan fingerprint density at radius 1 is 1.14 bits per heavy atom. The van der Waals surface area contributed by atoms with Gasteiger partial charge in [0, 0.05) is 23.5 Å². The van der Waals surface area contributed by atoms with Crippen molar-refractivity contribution in [2.75, 3.05) is 23.7 Å². The number of aliphatic carboxylic acids is 1. The van der Waals surface area contributed by atoms with Crippen LogP contribution < -0.4 is 21.1 Å². The van der Waals surface area contributed by atoms with Crippen molar-refractivity contribution in [2.45, 2.75) is 19.4 Å². The maximum Gasteiger partial charge on any atom is 0.269 e. The Hall–Kier alpha value is -3.46. The van der Waals surface area contributed by atoms with E-state index in [1.807, 2.05) is 31.2 Å². The number of carboxylic acid groups (broad SMARTS) is 1. The molecule has 0 unspecified atom stereocenters. The summed E-state index contributed by atoms with van der Waals surface area (Å²) >= 11 is 0. The highest BCUT2D eigenvalue weighted by Crippen LogP contribution is 2.15. The van der Waals surface area contributed by atoms with Crippen molar-refractivity contribution in [3.63, 3.8) is 0 Å². The summed E-state index contributed by atoms with van der Waals surface area (Å²) in [6.07, 6.45) is -0.274. The highest BCUT2D eigenvalue weighted by Gasteiger charge is 2.18. The number of carbonyl (C=O) groups excluding carboxylic acids is 2. The summed E-state index contributed by atoms with van der Waals surface area (Å²) in [6, 6.07) is 12.1. The second-order valence-corrected chi connectivity index (χ2v) is 6.30. The molecule has 0 bridgehead atoms. The number of hydrogen-bond donors (Lipinski definition) is 3. The molecule has 1 atom stereocenters. The van der Waals surface area contributed by atoms with E-state index in [4.69, 9.17) is 0 Å². The summed E-state index contributed by atoms with van der Waals surface area (Å²) in [5.41, 5.74) is 2.31. The molecular weight excluding hydrogens is 364 g/mol. The molecule has 0 spiro atoms. The lowest BCUT2D eigenvalue weighted by Crippen LogP contribution is -2.94. The van der Waals surface area contributed by atoms with E-state index in [1.165, 1.54) is 29.6 Å². The lowest BCUT2D eigenvalue weighted by Gasteiger charge is -2.17. The Kier molecular flexibility index (Phi) is 7.46. The normalized spacial score (nSPS) is 11.5. The number of nitrogens with zero attached hydrogens (tertiary/aromatic N) is 1. The Balaban J connectivity index is 1.80. The van der Waals surface area contributed by atoms with Gasteiger partial charge in [-0.3, -0.25) is 14.9 Å². The number of nitro groups is 1. The molecule has 28 heavy (non-hydrogen) atoms. The first-order chi connectivity index (χ1) is 13.3. The highest BCUT2D eigenvalue weighted by atomic mass is 16.6. The molecule has 0 aliphatic heterocycles. The molecule has 2 aromatic rings. The third-order valence-corrected chi connectivity index (χ3v) is 4.01. The van der Waals surface area contributed by atoms with Crippen LogP contribution in [0.15, 0.2) is 48.5 Å².